The standard InChI is InChI=1S/C19H21FN2O2.H3O4P/c1-13-14(2)22(10-11-23-3)18-17(13)8-9-21-19(18)24-12-15-4-6-16(20)7-5-15;1-5(2,3)4/h4-9H,10-12H2,1-3H3;(H3,1,2,3,4). The lowest BCUT2D eigenvalue weighted by atomic mass is 10.2. The number of aromatic nitrogens is 2. The lowest BCUT2D eigenvalue weighted by Gasteiger charge is -2.11. The molecule has 1 aromatic carbocycles. The van der Waals surface area contributed by atoms with E-state index in [1.165, 1.54) is 23.4 Å². The molecule has 158 valence electrons. The van der Waals surface area contributed by atoms with Crippen molar-refractivity contribution in [2.75, 3.05) is 13.7 Å². The molecule has 3 rings (SSSR count). The number of rotatable bonds is 6. The number of pyridine rings is 1. The zero-order valence-corrected chi connectivity index (χ0v) is 17.3. The zero-order chi connectivity index (χ0) is 21.6. The van der Waals surface area contributed by atoms with Crippen LogP contribution >= 0.6 is 7.82 Å². The van der Waals surface area contributed by atoms with Gasteiger partial charge in [0.15, 0.2) is 0 Å². The molecule has 0 atom stereocenters. The highest BCUT2D eigenvalue weighted by Crippen LogP contribution is 2.31. The van der Waals surface area contributed by atoms with Crippen molar-refractivity contribution in [2.24, 2.45) is 0 Å². The Morgan fingerprint density at radius 1 is 1.14 bits per heavy atom. The van der Waals surface area contributed by atoms with Crippen molar-refractivity contribution in [3.63, 3.8) is 0 Å². The van der Waals surface area contributed by atoms with Crippen LogP contribution in [0, 0.1) is 19.7 Å². The maximum Gasteiger partial charge on any atom is 0.466 e. The van der Waals surface area contributed by atoms with E-state index in [9.17, 15) is 4.39 Å². The van der Waals surface area contributed by atoms with Crippen LogP contribution in [-0.4, -0.2) is 37.9 Å². The molecule has 0 saturated heterocycles. The summed E-state index contributed by atoms with van der Waals surface area (Å²) >= 11 is 0. The monoisotopic (exact) mass is 426 g/mol. The maximum atomic E-state index is 13.0. The van der Waals surface area contributed by atoms with Gasteiger partial charge in [-0.2, -0.15) is 0 Å². The average molecular weight is 426 g/mol. The summed E-state index contributed by atoms with van der Waals surface area (Å²) < 4.78 is 35.2. The molecule has 2 heterocycles. The first-order valence-corrected chi connectivity index (χ1v) is 10.3. The quantitative estimate of drug-likeness (QED) is 0.519. The van der Waals surface area contributed by atoms with Gasteiger partial charge in [0.05, 0.1) is 6.61 Å². The molecule has 2 aromatic heterocycles. The molecule has 0 spiro atoms. The fourth-order valence-corrected chi connectivity index (χ4v) is 2.86. The molecule has 0 unspecified atom stereocenters. The lowest BCUT2D eigenvalue weighted by Crippen LogP contribution is -2.07. The van der Waals surface area contributed by atoms with Crippen LogP contribution in [0.2, 0.25) is 0 Å². The summed E-state index contributed by atoms with van der Waals surface area (Å²) in [6, 6.07) is 8.31. The Balaban J connectivity index is 0.000000537. The van der Waals surface area contributed by atoms with E-state index in [-0.39, 0.29) is 5.82 Å². The van der Waals surface area contributed by atoms with Crippen LogP contribution in [0.15, 0.2) is 36.5 Å². The number of benzene rings is 1. The minimum absolute atomic E-state index is 0.251. The third-order valence-electron chi connectivity index (χ3n) is 4.32. The Morgan fingerprint density at radius 2 is 1.76 bits per heavy atom. The number of hydrogen-bond donors (Lipinski definition) is 3. The SMILES string of the molecule is COCCn1c(C)c(C)c2ccnc(OCc3ccc(F)cc3)c21.O=P(O)(O)O. The molecule has 0 radical (unpaired) electrons. The molecular weight excluding hydrogens is 402 g/mol. The first kappa shape index (κ1) is 23.0. The molecule has 0 bridgehead atoms. The molecule has 0 fully saturated rings. The van der Waals surface area contributed by atoms with Crippen molar-refractivity contribution in [3.05, 3.63) is 59.2 Å². The summed E-state index contributed by atoms with van der Waals surface area (Å²) in [6.07, 6.45) is 1.76. The number of halogens is 1. The molecule has 0 aliphatic carbocycles. The summed E-state index contributed by atoms with van der Waals surface area (Å²) in [4.78, 5) is 26.0. The lowest BCUT2D eigenvalue weighted by molar-refractivity contribution is 0.187. The minimum atomic E-state index is -4.64. The van der Waals surface area contributed by atoms with Crippen molar-refractivity contribution in [1.82, 2.24) is 9.55 Å². The second kappa shape index (κ2) is 9.96. The van der Waals surface area contributed by atoms with E-state index in [4.69, 9.17) is 28.7 Å². The van der Waals surface area contributed by atoms with Gasteiger partial charge >= 0.3 is 7.82 Å². The van der Waals surface area contributed by atoms with Crippen LogP contribution in [0.5, 0.6) is 5.88 Å². The van der Waals surface area contributed by atoms with Gasteiger partial charge in [0, 0.05) is 30.9 Å². The number of phosphoric acid groups is 1. The van der Waals surface area contributed by atoms with E-state index >= 15 is 0 Å². The van der Waals surface area contributed by atoms with E-state index in [2.05, 4.69) is 23.4 Å². The van der Waals surface area contributed by atoms with Crippen LogP contribution < -0.4 is 4.74 Å². The number of ether oxygens (including phenoxy) is 2. The molecule has 10 heteroatoms. The second-order valence-corrected chi connectivity index (χ2v) is 7.32. The second-order valence-electron chi connectivity index (χ2n) is 6.30. The van der Waals surface area contributed by atoms with Gasteiger partial charge in [-0.25, -0.2) is 13.9 Å². The van der Waals surface area contributed by atoms with Gasteiger partial charge in [-0.3, -0.25) is 0 Å². The third-order valence-corrected chi connectivity index (χ3v) is 4.32. The molecule has 3 N–H and O–H groups in total. The molecule has 8 nitrogen and oxygen atoms in total. The summed E-state index contributed by atoms with van der Waals surface area (Å²) in [5, 5.41) is 1.13. The normalized spacial score (nSPS) is 11.3. The van der Waals surface area contributed by atoms with Gasteiger partial charge in [0.25, 0.3) is 0 Å². The molecule has 0 aliphatic rings. The Hall–Kier alpha value is -2.29. The minimum Gasteiger partial charge on any atom is -0.471 e. The Kier molecular flexibility index (Phi) is 7.89. The Morgan fingerprint density at radius 3 is 2.34 bits per heavy atom. The smallest absolute Gasteiger partial charge is 0.466 e. The molecule has 0 amide bonds. The summed E-state index contributed by atoms with van der Waals surface area (Å²) in [5.74, 6) is 0.336. The molecule has 3 aromatic rings. The Labute approximate surface area is 167 Å². The Bertz CT molecular complexity index is 992. The van der Waals surface area contributed by atoms with Crippen molar-refractivity contribution < 1.29 is 33.1 Å². The largest absolute Gasteiger partial charge is 0.471 e. The van der Waals surface area contributed by atoms with Gasteiger partial charge in [-0.05, 0) is 43.2 Å². The average Bonchev–Trinajstić information content (AvgIpc) is 2.89. The van der Waals surface area contributed by atoms with Crippen LogP contribution in [0.4, 0.5) is 4.39 Å². The highest BCUT2D eigenvalue weighted by Gasteiger charge is 2.16. The first-order chi connectivity index (χ1) is 13.6. The first-order valence-electron chi connectivity index (χ1n) is 8.70. The predicted octanol–water partition coefficient (Wildman–Crippen LogP) is 3.09. The fourth-order valence-electron chi connectivity index (χ4n) is 2.86. The van der Waals surface area contributed by atoms with Gasteiger partial charge in [0.2, 0.25) is 5.88 Å². The summed E-state index contributed by atoms with van der Waals surface area (Å²) in [7, 11) is -2.95. The van der Waals surface area contributed by atoms with Crippen LogP contribution in [0.25, 0.3) is 10.9 Å². The number of methoxy groups -OCH3 is 1. The number of nitrogens with zero attached hydrogens (tertiary/aromatic N) is 2. The van der Waals surface area contributed by atoms with Crippen molar-refractivity contribution in [3.8, 4) is 5.88 Å². The molecular formula is C19H24FN2O6P. The zero-order valence-electron chi connectivity index (χ0n) is 16.4. The van der Waals surface area contributed by atoms with E-state index in [0.717, 1.165) is 23.0 Å². The van der Waals surface area contributed by atoms with Gasteiger partial charge in [-0.15, -0.1) is 0 Å². The maximum absolute atomic E-state index is 13.0. The van der Waals surface area contributed by atoms with Crippen LogP contribution in [0.3, 0.4) is 0 Å². The highest BCUT2D eigenvalue weighted by atomic mass is 31.2. The summed E-state index contributed by atoms with van der Waals surface area (Å²) in [6.45, 7) is 5.90. The molecule has 0 saturated carbocycles. The number of aryl methyl sites for hydroxylation is 1. The van der Waals surface area contributed by atoms with E-state index < -0.39 is 7.82 Å². The van der Waals surface area contributed by atoms with E-state index in [1.54, 1.807) is 25.4 Å². The van der Waals surface area contributed by atoms with Crippen LogP contribution in [0.1, 0.15) is 16.8 Å². The summed E-state index contributed by atoms with van der Waals surface area (Å²) in [5.41, 5.74) is 4.28. The number of hydrogen-bond acceptors (Lipinski definition) is 4. The van der Waals surface area contributed by atoms with Crippen molar-refractivity contribution in [2.45, 2.75) is 27.0 Å². The van der Waals surface area contributed by atoms with Crippen LogP contribution in [-0.2, 0) is 22.5 Å². The van der Waals surface area contributed by atoms with E-state index in [0.29, 0.717) is 19.1 Å². The van der Waals surface area contributed by atoms with Gasteiger partial charge < -0.3 is 28.7 Å². The number of fused-ring (bicyclic) bond motifs is 1. The van der Waals surface area contributed by atoms with Gasteiger partial charge in [-0.1, -0.05) is 12.1 Å². The third kappa shape index (κ3) is 6.62. The fraction of sp³-hybridized carbons (Fsp3) is 0.316. The predicted molar refractivity (Wildman–Crippen MR) is 106 cm³/mol. The highest BCUT2D eigenvalue weighted by molar-refractivity contribution is 7.45. The molecule has 0 aliphatic heterocycles. The topological polar surface area (TPSA) is 114 Å². The van der Waals surface area contributed by atoms with E-state index in [1.807, 2.05) is 6.07 Å². The van der Waals surface area contributed by atoms with Gasteiger partial charge in [0.1, 0.15) is 17.9 Å². The molecule has 29 heavy (non-hydrogen) atoms. The van der Waals surface area contributed by atoms with Crippen molar-refractivity contribution >= 4 is 18.7 Å². The van der Waals surface area contributed by atoms with Crippen molar-refractivity contribution in [1.29, 1.82) is 0 Å².